The number of rotatable bonds is 12. The number of halogens is 2. The van der Waals surface area contributed by atoms with Gasteiger partial charge in [-0.15, -0.1) is 11.3 Å². The normalized spacial score (nSPS) is 23.2. The summed E-state index contributed by atoms with van der Waals surface area (Å²) in [6.45, 7) is 5.89. The topological polar surface area (TPSA) is 187 Å². The highest BCUT2D eigenvalue weighted by Crippen LogP contribution is 2.45. The highest BCUT2D eigenvalue weighted by atomic mass is 127. The van der Waals surface area contributed by atoms with E-state index in [9.17, 15) is 22.8 Å². The van der Waals surface area contributed by atoms with Gasteiger partial charge in [-0.3, -0.25) is 19.1 Å². The van der Waals surface area contributed by atoms with Gasteiger partial charge < -0.3 is 34.5 Å². The van der Waals surface area contributed by atoms with Crippen molar-refractivity contribution in [1.82, 2.24) is 24.9 Å². The van der Waals surface area contributed by atoms with E-state index >= 15 is 0 Å². The van der Waals surface area contributed by atoms with Crippen molar-refractivity contribution in [3.05, 3.63) is 53.0 Å². The van der Waals surface area contributed by atoms with Gasteiger partial charge in [0.05, 0.1) is 30.8 Å². The maximum atomic E-state index is 14.9. The molecule has 19 heteroatoms. The van der Waals surface area contributed by atoms with Gasteiger partial charge in [0.25, 0.3) is 5.91 Å². The molecule has 57 heavy (non-hydrogen) atoms. The van der Waals surface area contributed by atoms with Crippen molar-refractivity contribution in [2.75, 3.05) is 25.8 Å². The Bertz CT molecular complexity index is 2390. The van der Waals surface area contributed by atoms with Crippen LogP contribution in [-0.2, 0) is 24.4 Å². The summed E-state index contributed by atoms with van der Waals surface area (Å²) in [4.78, 5) is 53.5. The van der Waals surface area contributed by atoms with Crippen molar-refractivity contribution >= 4 is 89.2 Å². The molecule has 5 atom stereocenters. The van der Waals surface area contributed by atoms with Crippen LogP contribution in [0.1, 0.15) is 46.5 Å². The second-order valence-electron chi connectivity index (χ2n) is 15.7. The Morgan fingerprint density at radius 1 is 1.11 bits per heavy atom. The number of pyridine rings is 1. The summed E-state index contributed by atoms with van der Waals surface area (Å²) in [5, 5.41) is 9.71. The van der Waals surface area contributed by atoms with Gasteiger partial charge >= 0.3 is 0 Å². The lowest BCUT2D eigenvalue weighted by atomic mass is 9.85. The monoisotopic (exact) mass is 950 g/mol. The molecule has 2 aliphatic carbocycles. The fourth-order valence-electron chi connectivity index (χ4n) is 7.05. The van der Waals surface area contributed by atoms with Crippen LogP contribution in [0.5, 0.6) is 23.1 Å². The molecule has 2 aliphatic heterocycles. The van der Waals surface area contributed by atoms with Crippen molar-refractivity contribution in [3.63, 3.8) is 0 Å². The number of aromatic nitrogens is 2. The fraction of sp³-hybridized carbons (Fsp3) is 0.447. The number of carbonyl (C=O) groups is 3. The Morgan fingerprint density at radius 2 is 1.86 bits per heavy atom. The second kappa shape index (κ2) is 14.9. The molecule has 15 nitrogen and oxygen atoms in total. The Morgan fingerprint density at radius 3 is 2.56 bits per heavy atom. The van der Waals surface area contributed by atoms with Crippen LogP contribution in [0.4, 0.5) is 5.13 Å². The Labute approximate surface area is 351 Å². The first-order chi connectivity index (χ1) is 27.1. The van der Waals surface area contributed by atoms with E-state index in [1.54, 1.807) is 18.2 Å². The van der Waals surface area contributed by atoms with E-state index in [-0.39, 0.29) is 41.9 Å². The molecule has 1 saturated heterocycles. The molecule has 3 N–H and O–H groups in total. The average Bonchev–Trinajstić information content (AvgIpc) is 3.91. The maximum absolute atomic E-state index is 14.9. The first kappa shape index (κ1) is 39.7. The minimum Gasteiger partial charge on any atom is -0.494 e. The van der Waals surface area contributed by atoms with E-state index in [0.717, 1.165) is 5.56 Å². The number of anilines is 1. The van der Waals surface area contributed by atoms with Gasteiger partial charge in [0, 0.05) is 37.1 Å². The number of benzene rings is 2. The van der Waals surface area contributed by atoms with E-state index < -0.39 is 56.2 Å². The zero-order valence-electron chi connectivity index (χ0n) is 31.3. The zero-order chi connectivity index (χ0) is 40.4. The molecule has 3 fully saturated rings. The summed E-state index contributed by atoms with van der Waals surface area (Å²) in [6, 6.07) is 8.85. The molecule has 2 aromatic carbocycles. The number of hydrogen-bond donors (Lipinski definition) is 3. The van der Waals surface area contributed by atoms with Crippen LogP contribution in [0.25, 0.3) is 22.0 Å². The van der Waals surface area contributed by atoms with E-state index in [0.29, 0.717) is 56.7 Å². The number of carbonyl (C=O) groups excluding carboxylic acids is 3. The summed E-state index contributed by atoms with van der Waals surface area (Å²) in [6.07, 6.45) is 2.07. The van der Waals surface area contributed by atoms with Gasteiger partial charge in [0.1, 0.15) is 29.5 Å². The van der Waals surface area contributed by atoms with E-state index in [4.69, 9.17) is 35.5 Å². The number of nitrogens with one attached hydrogen (secondary N) is 3. The number of thiazole rings is 1. The van der Waals surface area contributed by atoms with Crippen LogP contribution >= 0.6 is 45.5 Å². The summed E-state index contributed by atoms with van der Waals surface area (Å²) in [5.41, 5.74) is -0.632. The van der Waals surface area contributed by atoms with Crippen molar-refractivity contribution in [3.8, 4) is 34.4 Å². The summed E-state index contributed by atoms with van der Waals surface area (Å²) in [5.74, 6) is 0.262. The maximum Gasteiger partial charge on any atom is 0.260 e. The van der Waals surface area contributed by atoms with Gasteiger partial charge in [-0.2, -0.15) is 0 Å². The molecule has 2 saturated carbocycles. The first-order valence-corrected chi connectivity index (χ1v) is 22.3. The van der Waals surface area contributed by atoms with Crippen molar-refractivity contribution < 1.29 is 41.7 Å². The number of amides is 3. The highest BCUT2D eigenvalue weighted by molar-refractivity contribution is 14.1. The van der Waals surface area contributed by atoms with Gasteiger partial charge in [-0.05, 0) is 61.1 Å². The minimum atomic E-state index is -3.87. The number of nitrogens with zero attached hydrogens (tertiary/aromatic N) is 3. The Kier molecular flexibility index (Phi) is 10.4. The zero-order valence-corrected chi connectivity index (χ0v) is 35.9. The molecule has 0 bridgehead atoms. The molecule has 2 aromatic heterocycles. The average molecular weight is 951 g/mol. The number of fused-ring (bicyclic) bond motifs is 2. The molecule has 0 spiro atoms. The molecule has 4 aliphatic rings. The third kappa shape index (κ3) is 7.89. The van der Waals surface area contributed by atoms with Gasteiger partial charge in [0.15, 0.2) is 16.6 Å². The van der Waals surface area contributed by atoms with Gasteiger partial charge in [-0.1, -0.05) is 55.0 Å². The SMILES string of the molecule is COc1cnc(O[C@@H]2C[C@@H](C(=O)N[C@]3(C(=O)NS(=O)(=O)C4CC4)C[C@H]3I)N(C(=O)[C@@H](Nc3nc(-c4ccc5c(c4)OCO5)cs3)C(C)(C)C)C2)c2cc(Cl)ccc12. The van der Waals surface area contributed by atoms with Crippen LogP contribution in [0.3, 0.4) is 0 Å². The molecular formula is C38H40ClIN6O9S2. The summed E-state index contributed by atoms with van der Waals surface area (Å²) in [7, 11) is -2.33. The lowest BCUT2D eigenvalue weighted by Crippen LogP contribution is -2.58. The predicted octanol–water partition coefficient (Wildman–Crippen LogP) is 5.29. The lowest BCUT2D eigenvalue weighted by molar-refractivity contribution is -0.141. The largest absolute Gasteiger partial charge is 0.494 e. The molecule has 4 aromatic rings. The summed E-state index contributed by atoms with van der Waals surface area (Å²) >= 11 is 9.75. The third-order valence-corrected chi connectivity index (χ3v) is 14.8. The number of likely N-dealkylation sites (tertiary alicyclic amines) is 1. The second-order valence-corrected chi connectivity index (χ2v) is 20.4. The van der Waals surface area contributed by atoms with Crippen LogP contribution in [0, 0.1) is 5.41 Å². The third-order valence-electron chi connectivity index (χ3n) is 10.5. The molecule has 3 amide bonds. The van der Waals surface area contributed by atoms with Crippen LogP contribution in [0.2, 0.25) is 5.02 Å². The molecule has 4 heterocycles. The van der Waals surface area contributed by atoms with Crippen molar-refractivity contribution in [1.29, 1.82) is 0 Å². The molecule has 8 rings (SSSR count). The van der Waals surface area contributed by atoms with Gasteiger partial charge in [-0.25, -0.2) is 18.4 Å². The first-order valence-electron chi connectivity index (χ1n) is 18.3. The minimum absolute atomic E-state index is 0.00415. The Hall–Kier alpha value is -4.14. The number of alkyl halides is 1. The van der Waals surface area contributed by atoms with Crippen LogP contribution < -0.4 is 34.3 Å². The predicted molar refractivity (Wildman–Crippen MR) is 222 cm³/mol. The lowest BCUT2D eigenvalue weighted by Gasteiger charge is -2.35. The molecule has 302 valence electrons. The van der Waals surface area contributed by atoms with E-state index in [2.05, 4.69) is 20.3 Å². The van der Waals surface area contributed by atoms with Crippen LogP contribution in [-0.4, -0.2) is 94.4 Å². The summed E-state index contributed by atoms with van der Waals surface area (Å²) < 4.78 is 50.3. The molecular weight excluding hydrogens is 911 g/mol. The smallest absolute Gasteiger partial charge is 0.260 e. The van der Waals surface area contributed by atoms with Gasteiger partial charge in [0.2, 0.25) is 34.5 Å². The quantitative estimate of drug-likeness (QED) is 0.123. The number of ether oxygens (including phenoxy) is 4. The van der Waals surface area contributed by atoms with Crippen LogP contribution in [0.15, 0.2) is 48.0 Å². The van der Waals surface area contributed by atoms with Crippen molar-refractivity contribution in [2.45, 2.75) is 79.4 Å². The Balaban J connectivity index is 1.08. The number of sulfonamides is 1. The molecule has 0 unspecified atom stereocenters. The highest BCUT2D eigenvalue weighted by Gasteiger charge is 2.62. The fourth-order valence-corrected chi connectivity index (χ4v) is 10.5. The standard InChI is InChI=1S/C38H40ClIN6O9S2/c1-37(2,3)31(43-36-42-25(17-56-36)19-5-10-27-28(11-19)54-18-53-27)34(48)46-16-21(55-33-24-12-20(39)6-9-23(24)29(52-4)15-41-33)13-26(46)32(47)44-38(14-30(38)40)35(49)45-57(50,51)22-7-8-22/h5-6,9-12,15,17,21-22,26,30-31H,7-8,13-14,16,18H2,1-4H3,(H,42,43)(H,44,47)(H,45,49)/t21-,26+,30-,31-,38-/m1/s1. The number of methoxy groups -OCH3 is 1. The van der Waals surface area contributed by atoms with Crippen molar-refractivity contribution in [2.24, 2.45) is 5.41 Å². The van der Waals surface area contributed by atoms with E-state index in [1.807, 2.05) is 66.9 Å². The number of hydrogen-bond acceptors (Lipinski definition) is 13. The van der Waals surface area contributed by atoms with E-state index in [1.165, 1.54) is 29.5 Å². The molecule has 0 radical (unpaired) electrons.